The molecule has 0 atom stereocenters. The van der Waals surface area contributed by atoms with E-state index in [9.17, 15) is 9.59 Å². The van der Waals surface area contributed by atoms with Gasteiger partial charge in [-0.1, -0.05) is 48.0 Å². The van der Waals surface area contributed by atoms with Crippen molar-refractivity contribution in [1.82, 2.24) is 4.90 Å². The van der Waals surface area contributed by atoms with Gasteiger partial charge in [0.1, 0.15) is 12.4 Å². The van der Waals surface area contributed by atoms with Crippen LogP contribution in [-0.4, -0.2) is 35.6 Å². The number of likely N-dealkylation sites (N-methyl/N-ethyl adjacent to an activating group) is 1. The summed E-state index contributed by atoms with van der Waals surface area (Å²) in [5.74, 6) is 0.161. The summed E-state index contributed by atoms with van der Waals surface area (Å²) in [7, 11) is 1.33. The SMILES string of the molecule is CCN1C(=O)C(=Cc2ccc(OCc3ccccc3Cl)cc2)SC1=Nc1cccc(C(=O)OC)c1. The number of ether oxygens (including phenoxy) is 2. The van der Waals surface area contributed by atoms with Crippen molar-refractivity contribution in [3.63, 3.8) is 0 Å². The van der Waals surface area contributed by atoms with Crippen molar-refractivity contribution >= 4 is 52.2 Å². The van der Waals surface area contributed by atoms with Gasteiger partial charge in [0.25, 0.3) is 5.91 Å². The topological polar surface area (TPSA) is 68.2 Å². The second kappa shape index (κ2) is 11.3. The number of carbonyl (C=O) groups excluding carboxylic acids is 2. The zero-order valence-corrected chi connectivity index (χ0v) is 20.8. The summed E-state index contributed by atoms with van der Waals surface area (Å²) in [4.78, 5) is 31.6. The van der Waals surface area contributed by atoms with Crippen LogP contribution in [0.2, 0.25) is 5.02 Å². The second-order valence-electron chi connectivity index (χ2n) is 7.55. The number of amidine groups is 1. The van der Waals surface area contributed by atoms with E-state index in [0.717, 1.165) is 11.1 Å². The molecule has 1 fully saturated rings. The zero-order valence-electron chi connectivity index (χ0n) is 19.2. The van der Waals surface area contributed by atoms with Crippen LogP contribution in [0.25, 0.3) is 6.08 Å². The summed E-state index contributed by atoms with van der Waals surface area (Å²) in [5.41, 5.74) is 2.76. The van der Waals surface area contributed by atoms with Crippen LogP contribution < -0.4 is 4.74 Å². The van der Waals surface area contributed by atoms with E-state index in [1.165, 1.54) is 18.9 Å². The van der Waals surface area contributed by atoms with Gasteiger partial charge in [0.15, 0.2) is 5.17 Å². The fraction of sp³-hybridized carbons (Fsp3) is 0.148. The van der Waals surface area contributed by atoms with Crippen molar-refractivity contribution in [1.29, 1.82) is 0 Å². The number of rotatable bonds is 7. The number of esters is 1. The summed E-state index contributed by atoms with van der Waals surface area (Å²) >= 11 is 7.48. The van der Waals surface area contributed by atoms with Crippen molar-refractivity contribution in [2.45, 2.75) is 13.5 Å². The third-order valence-electron chi connectivity index (χ3n) is 5.23. The highest BCUT2D eigenvalue weighted by Crippen LogP contribution is 2.34. The number of halogens is 1. The number of hydrogen-bond donors (Lipinski definition) is 0. The van der Waals surface area contributed by atoms with Gasteiger partial charge in [-0.2, -0.15) is 0 Å². The van der Waals surface area contributed by atoms with E-state index in [4.69, 9.17) is 21.1 Å². The smallest absolute Gasteiger partial charge is 0.337 e. The first-order valence-electron chi connectivity index (χ1n) is 10.9. The highest BCUT2D eigenvalue weighted by molar-refractivity contribution is 8.18. The van der Waals surface area contributed by atoms with Crippen LogP contribution in [0.1, 0.15) is 28.4 Å². The van der Waals surface area contributed by atoms with Gasteiger partial charge in [0.2, 0.25) is 0 Å². The van der Waals surface area contributed by atoms with Crippen LogP contribution in [0.4, 0.5) is 5.69 Å². The van der Waals surface area contributed by atoms with E-state index in [1.54, 1.807) is 29.2 Å². The molecule has 1 heterocycles. The summed E-state index contributed by atoms with van der Waals surface area (Å²) < 4.78 is 10.6. The average molecular weight is 507 g/mol. The molecule has 3 aromatic rings. The molecule has 6 nitrogen and oxygen atoms in total. The predicted molar refractivity (Wildman–Crippen MR) is 140 cm³/mol. The number of thioether (sulfide) groups is 1. The molecule has 4 rings (SSSR count). The molecular weight excluding hydrogens is 484 g/mol. The van der Waals surface area contributed by atoms with Crippen LogP contribution in [0, 0.1) is 0 Å². The Balaban J connectivity index is 1.49. The number of amides is 1. The molecule has 0 unspecified atom stereocenters. The summed E-state index contributed by atoms with van der Waals surface area (Å²) in [6, 6.07) is 21.9. The number of carbonyl (C=O) groups is 2. The minimum Gasteiger partial charge on any atom is -0.489 e. The predicted octanol–water partition coefficient (Wildman–Crippen LogP) is 6.33. The highest BCUT2D eigenvalue weighted by Gasteiger charge is 2.32. The molecule has 1 aliphatic heterocycles. The molecule has 3 aromatic carbocycles. The van der Waals surface area contributed by atoms with Crippen LogP contribution in [-0.2, 0) is 16.1 Å². The lowest BCUT2D eigenvalue weighted by molar-refractivity contribution is -0.122. The lowest BCUT2D eigenvalue weighted by atomic mass is 10.2. The van der Waals surface area contributed by atoms with E-state index in [-0.39, 0.29) is 5.91 Å². The van der Waals surface area contributed by atoms with Crippen molar-refractivity contribution in [3.8, 4) is 5.75 Å². The third-order valence-corrected chi connectivity index (χ3v) is 6.60. The minimum atomic E-state index is -0.436. The van der Waals surface area contributed by atoms with Crippen molar-refractivity contribution in [2.75, 3.05) is 13.7 Å². The molecular formula is C27H23ClN2O4S. The Bertz CT molecular complexity index is 1300. The maximum absolute atomic E-state index is 13.0. The van der Waals surface area contributed by atoms with Crippen LogP contribution >= 0.6 is 23.4 Å². The molecule has 0 bridgehead atoms. The second-order valence-corrected chi connectivity index (χ2v) is 8.96. The van der Waals surface area contributed by atoms with Crippen molar-refractivity contribution < 1.29 is 19.1 Å². The zero-order chi connectivity index (χ0) is 24.8. The Labute approximate surface area is 213 Å². The monoisotopic (exact) mass is 506 g/mol. The summed E-state index contributed by atoms with van der Waals surface area (Å²) in [6.07, 6.45) is 1.83. The first-order chi connectivity index (χ1) is 17.0. The van der Waals surface area contributed by atoms with E-state index < -0.39 is 5.97 Å². The normalized spacial score (nSPS) is 15.6. The van der Waals surface area contributed by atoms with Gasteiger partial charge in [0.05, 0.1) is 23.3 Å². The van der Waals surface area contributed by atoms with Gasteiger partial charge >= 0.3 is 5.97 Å². The molecule has 0 spiro atoms. The molecule has 1 aliphatic rings. The van der Waals surface area contributed by atoms with Gasteiger partial charge in [0, 0.05) is 17.1 Å². The van der Waals surface area contributed by atoms with Gasteiger partial charge in [-0.25, -0.2) is 9.79 Å². The van der Waals surface area contributed by atoms with Crippen molar-refractivity contribution in [2.24, 2.45) is 4.99 Å². The molecule has 1 saturated heterocycles. The van der Waals surface area contributed by atoms with Crippen LogP contribution in [0.5, 0.6) is 5.75 Å². The number of methoxy groups -OCH3 is 1. The fourth-order valence-corrected chi connectivity index (χ4v) is 4.64. The van der Waals surface area contributed by atoms with Gasteiger partial charge < -0.3 is 9.47 Å². The Morgan fingerprint density at radius 2 is 1.86 bits per heavy atom. The quantitative estimate of drug-likeness (QED) is 0.276. The molecule has 0 aromatic heterocycles. The van der Waals surface area contributed by atoms with E-state index in [2.05, 4.69) is 4.99 Å². The standard InChI is InChI=1S/C27H23ClN2O4S/c1-3-30-25(31)24(35-27(30)29-21-9-6-8-19(16-21)26(32)33-2)15-18-11-13-22(14-12-18)34-17-20-7-4-5-10-23(20)28/h4-16H,3,17H2,1-2H3. The molecule has 8 heteroatoms. The molecule has 0 saturated carbocycles. The molecule has 35 heavy (non-hydrogen) atoms. The molecule has 1 amide bonds. The van der Waals surface area contributed by atoms with Gasteiger partial charge in [-0.15, -0.1) is 0 Å². The minimum absolute atomic E-state index is 0.112. The number of aliphatic imine (C=N–C) groups is 1. The summed E-state index contributed by atoms with van der Waals surface area (Å²) in [6.45, 7) is 2.75. The molecule has 0 N–H and O–H groups in total. The van der Waals surface area contributed by atoms with E-state index >= 15 is 0 Å². The Morgan fingerprint density at radius 3 is 2.57 bits per heavy atom. The van der Waals surface area contributed by atoms with Gasteiger partial charge in [-0.05, 0) is 66.7 Å². The highest BCUT2D eigenvalue weighted by atomic mass is 35.5. The first kappa shape index (κ1) is 24.6. The number of nitrogens with zero attached hydrogens (tertiary/aromatic N) is 2. The fourth-order valence-electron chi connectivity index (χ4n) is 3.39. The lowest BCUT2D eigenvalue weighted by Gasteiger charge is -2.12. The Morgan fingerprint density at radius 1 is 1.09 bits per heavy atom. The molecule has 0 aliphatic carbocycles. The largest absolute Gasteiger partial charge is 0.489 e. The third kappa shape index (κ3) is 5.93. The van der Waals surface area contributed by atoms with Crippen LogP contribution in [0.3, 0.4) is 0 Å². The number of benzene rings is 3. The number of hydrogen-bond acceptors (Lipinski definition) is 6. The Kier molecular flexibility index (Phi) is 7.90. The van der Waals surface area contributed by atoms with E-state index in [1.807, 2.05) is 61.5 Å². The van der Waals surface area contributed by atoms with Crippen LogP contribution in [0.15, 0.2) is 82.7 Å². The molecule has 178 valence electrons. The van der Waals surface area contributed by atoms with Crippen molar-refractivity contribution in [3.05, 3.63) is 99.4 Å². The maximum atomic E-state index is 13.0. The maximum Gasteiger partial charge on any atom is 0.337 e. The van der Waals surface area contributed by atoms with E-state index in [0.29, 0.717) is 45.2 Å². The lowest BCUT2D eigenvalue weighted by Crippen LogP contribution is -2.28. The summed E-state index contributed by atoms with van der Waals surface area (Å²) in [5, 5.41) is 1.23. The average Bonchev–Trinajstić information content (AvgIpc) is 3.17. The Hall–Kier alpha value is -3.55. The first-order valence-corrected chi connectivity index (χ1v) is 12.1. The van der Waals surface area contributed by atoms with Gasteiger partial charge in [-0.3, -0.25) is 9.69 Å². The molecule has 0 radical (unpaired) electrons.